The van der Waals surface area contributed by atoms with Crippen LogP contribution >= 0.6 is 11.8 Å². The van der Waals surface area contributed by atoms with Crippen LogP contribution in [0.15, 0.2) is 4.99 Å². The molecule has 1 aliphatic carbocycles. The van der Waals surface area contributed by atoms with E-state index in [1.165, 1.54) is 50.3 Å². The summed E-state index contributed by atoms with van der Waals surface area (Å²) in [4.78, 5) is 24.2. The van der Waals surface area contributed by atoms with Gasteiger partial charge >= 0.3 is 0 Å². The Bertz CT molecular complexity index is 576. The fraction of sp³-hybridized carbons (Fsp3) is 0.905. The van der Waals surface area contributed by atoms with Gasteiger partial charge in [-0.2, -0.15) is 11.8 Å². The molecule has 7 nitrogen and oxygen atoms in total. The summed E-state index contributed by atoms with van der Waals surface area (Å²) in [6, 6.07) is 0. The highest BCUT2D eigenvalue weighted by Gasteiger charge is 2.40. The van der Waals surface area contributed by atoms with Crippen molar-refractivity contribution < 1.29 is 9.53 Å². The van der Waals surface area contributed by atoms with E-state index in [0.29, 0.717) is 5.54 Å². The van der Waals surface area contributed by atoms with Crippen LogP contribution in [0.3, 0.4) is 0 Å². The Morgan fingerprint density at radius 2 is 1.76 bits per heavy atom. The average molecular weight is 424 g/mol. The van der Waals surface area contributed by atoms with Crippen LogP contribution in [0.5, 0.6) is 0 Å². The number of ether oxygens (including phenoxy) is 1. The molecule has 4 rings (SSSR count). The summed E-state index contributed by atoms with van der Waals surface area (Å²) in [5, 5.41) is 3.72. The molecule has 0 aromatic carbocycles. The minimum Gasteiger partial charge on any atom is -0.368 e. The number of aliphatic imine (C=N–C) groups is 1. The minimum absolute atomic E-state index is 0.179. The molecule has 1 amide bonds. The number of thioether (sulfide) groups is 1. The third-order valence-corrected chi connectivity index (χ3v) is 8.04. The molecule has 0 spiro atoms. The molecular weight excluding hydrogens is 386 g/mol. The number of hydrogen-bond acceptors (Lipinski definition) is 5. The minimum atomic E-state index is -0.205. The first-order valence-electron chi connectivity index (χ1n) is 11.4. The second kappa shape index (κ2) is 9.88. The van der Waals surface area contributed by atoms with Crippen LogP contribution in [0, 0.1) is 0 Å². The van der Waals surface area contributed by atoms with Crippen LogP contribution in [0.1, 0.15) is 38.5 Å². The molecule has 4 aliphatic rings. The van der Waals surface area contributed by atoms with Gasteiger partial charge in [0.15, 0.2) is 5.96 Å². The summed E-state index contributed by atoms with van der Waals surface area (Å²) < 4.78 is 5.58. The highest BCUT2D eigenvalue weighted by atomic mass is 32.2. The van der Waals surface area contributed by atoms with Crippen molar-refractivity contribution in [3.63, 3.8) is 0 Å². The molecule has 0 aromatic rings. The summed E-state index contributed by atoms with van der Waals surface area (Å²) >= 11 is 2.08. The number of hydrogen-bond donors (Lipinski definition) is 1. The average Bonchev–Trinajstić information content (AvgIpc) is 3.48. The van der Waals surface area contributed by atoms with Gasteiger partial charge in [0, 0.05) is 76.5 Å². The molecule has 0 aromatic heterocycles. The van der Waals surface area contributed by atoms with Gasteiger partial charge in [-0.25, -0.2) is 0 Å². The maximum Gasteiger partial charge on any atom is 0.251 e. The molecule has 1 atom stereocenters. The van der Waals surface area contributed by atoms with E-state index in [9.17, 15) is 4.79 Å². The maximum absolute atomic E-state index is 12.6. The predicted octanol–water partition coefficient (Wildman–Crippen LogP) is 1.25. The Labute approximate surface area is 179 Å². The lowest BCUT2D eigenvalue weighted by Gasteiger charge is -2.44. The van der Waals surface area contributed by atoms with Crippen molar-refractivity contribution in [1.82, 2.24) is 20.0 Å². The van der Waals surface area contributed by atoms with E-state index in [-0.39, 0.29) is 12.0 Å². The molecule has 3 saturated heterocycles. The number of nitrogens with zero attached hydrogens (tertiary/aromatic N) is 4. The van der Waals surface area contributed by atoms with Crippen LogP contribution in [-0.4, -0.2) is 109 Å². The van der Waals surface area contributed by atoms with Crippen molar-refractivity contribution >= 4 is 23.6 Å². The number of carbonyl (C=O) groups is 1. The monoisotopic (exact) mass is 423 g/mol. The zero-order chi connectivity index (χ0) is 20.1. The highest BCUT2D eigenvalue weighted by molar-refractivity contribution is 7.99. The molecule has 3 heterocycles. The van der Waals surface area contributed by atoms with E-state index in [1.807, 2.05) is 11.9 Å². The number of amides is 1. The van der Waals surface area contributed by atoms with E-state index < -0.39 is 0 Å². The number of guanidine groups is 1. The van der Waals surface area contributed by atoms with Gasteiger partial charge in [-0.15, -0.1) is 0 Å². The Hall–Kier alpha value is -0.990. The lowest BCUT2D eigenvalue weighted by Crippen LogP contribution is -2.60. The largest absolute Gasteiger partial charge is 0.368 e. The van der Waals surface area contributed by atoms with Gasteiger partial charge in [0.05, 0.1) is 0 Å². The molecule has 0 radical (unpaired) electrons. The van der Waals surface area contributed by atoms with Crippen molar-refractivity contribution in [1.29, 1.82) is 0 Å². The van der Waals surface area contributed by atoms with Gasteiger partial charge < -0.3 is 19.9 Å². The quantitative estimate of drug-likeness (QED) is 0.542. The molecule has 29 heavy (non-hydrogen) atoms. The molecule has 164 valence electrons. The number of nitrogens with one attached hydrogen (secondary N) is 1. The van der Waals surface area contributed by atoms with Gasteiger partial charge in [0.25, 0.3) is 5.91 Å². The van der Waals surface area contributed by atoms with Gasteiger partial charge in [-0.05, 0) is 25.7 Å². The molecule has 8 heteroatoms. The van der Waals surface area contributed by atoms with E-state index in [2.05, 4.69) is 31.9 Å². The molecular formula is C21H37N5O2S. The Balaban J connectivity index is 1.29. The van der Waals surface area contributed by atoms with Crippen LogP contribution in [0.4, 0.5) is 0 Å². The molecule has 0 bridgehead atoms. The zero-order valence-corrected chi connectivity index (χ0v) is 18.7. The first-order chi connectivity index (χ1) is 14.2. The molecule has 4 fully saturated rings. The summed E-state index contributed by atoms with van der Waals surface area (Å²) in [6.45, 7) is 7.34. The molecule has 1 unspecified atom stereocenters. The summed E-state index contributed by atoms with van der Waals surface area (Å²) in [7, 11) is 1.88. The first kappa shape index (κ1) is 21.2. The first-order valence-corrected chi connectivity index (χ1v) is 12.6. The Morgan fingerprint density at radius 3 is 2.38 bits per heavy atom. The second-order valence-corrected chi connectivity index (χ2v) is 9.97. The molecule has 3 aliphatic heterocycles. The predicted molar refractivity (Wildman–Crippen MR) is 119 cm³/mol. The molecule has 1 saturated carbocycles. The number of carbonyl (C=O) groups excluding carboxylic acids is 1. The van der Waals surface area contributed by atoms with Gasteiger partial charge in [0.1, 0.15) is 6.10 Å². The SMILES string of the molecule is CN=C(NCC1(N2CCSCC2)CCCC1)N1CCN(C(=O)C2CCCO2)CC1. The molecule has 1 N–H and O–H groups in total. The highest BCUT2D eigenvalue weighted by Crippen LogP contribution is 2.36. The topological polar surface area (TPSA) is 60.4 Å². The fourth-order valence-electron chi connectivity index (χ4n) is 5.37. The lowest BCUT2D eigenvalue weighted by atomic mass is 9.94. The Kier molecular flexibility index (Phi) is 7.24. The lowest BCUT2D eigenvalue weighted by molar-refractivity contribution is -0.142. The van der Waals surface area contributed by atoms with Gasteiger partial charge in [-0.3, -0.25) is 14.7 Å². The smallest absolute Gasteiger partial charge is 0.251 e. The van der Waals surface area contributed by atoms with Crippen molar-refractivity contribution in [3.05, 3.63) is 0 Å². The van der Waals surface area contributed by atoms with E-state index >= 15 is 0 Å². The second-order valence-electron chi connectivity index (χ2n) is 8.75. The summed E-state index contributed by atoms with van der Waals surface area (Å²) in [6.07, 6.45) is 6.95. The standard InChI is InChI=1S/C21H37N5O2S/c1-22-20(23-17-21(6-2-3-7-21)26-12-15-29-16-13-26)25-10-8-24(9-11-25)19(27)18-5-4-14-28-18/h18H,2-17H2,1H3,(H,22,23). The van der Waals surface area contributed by atoms with Gasteiger partial charge in [0.2, 0.25) is 0 Å². The zero-order valence-electron chi connectivity index (χ0n) is 17.9. The van der Waals surface area contributed by atoms with Crippen LogP contribution in [0.25, 0.3) is 0 Å². The Morgan fingerprint density at radius 1 is 1.07 bits per heavy atom. The third kappa shape index (κ3) is 4.85. The van der Waals surface area contributed by atoms with Crippen LogP contribution in [0.2, 0.25) is 0 Å². The third-order valence-electron chi connectivity index (χ3n) is 7.10. The maximum atomic E-state index is 12.6. The fourth-order valence-corrected chi connectivity index (χ4v) is 6.27. The van der Waals surface area contributed by atoms with Crippen molar-refractivity contribution in [3.8, 4) is 0 Å². The van der Waals surface area contributed by atoms with Crippen LogP contribution < -0.4 is 5.32 Å². The summed E-state index contributed by atoms with van der Waals surface area (Å²) in [5.41, 5.74) is 0.300. The van der Waals surface area contributed by atoms with E-state index in [4.69, 9.17) is 4.74 Å². The van der Waals surface area contributed by atoms with Crippen molar-refractivity contribution in [2.75, 3.05) is 71.0 Å². The van der Waals surface area contributed by atoms with Crippen LogP contribution in [-0.2, 0) is 9.53 Å². The van der Waals surface area contributed by atoms with Crippen molar-refractivity contribution in [2.45, 2.75) is 50.2 Å². The van der Waals surface area contributed by atoms with E-state index in [0.717, 1.165) is 58.1 Å². The summed E-state index contributed by atoms with van der Waals surface area (Å²) in [5.74, 6) is 3.69. The van der Waals surface area contributed by atoms with Gasteiger partial charge in [-0.1, -0.05) is 12.8 Å². The number of rotatable bonds is 4. The number of piperazine rings is 1. The normalized spacial score (nSPS) is 28.7. The van der Waals surface area contributed by atoms with E-state index in [1.54, 1.807) is 0 Å². The van der Waals surface area contributed by atoms with Crippen molar-refractivity contribution in [2.24, 2.45) is 4.99 Å².